The van der Waals surface area contributed by atoms with Crippen molar-refractivity contribution in [3.63, 3.8) is 0 Å². The van der Waals surface area contributed by atoms with Crippen molar-refractivity contribution in [2.75, 3.05) is 0 Å². The van der Waals surface area contributed by atoms with E-state index in [0.29, 0.717) is 27.0 Å². The van der Waals surface area contributed by atoms with Crippen LogP contribution in [0.5, 0.6) is 5.75 Å². The normalized spacial score (nSPS) is 33.1. The summed E-state index contributed by atoms with van der Waals surface area (Å²) >= 11 is 6.68. The van der Waals surface area contributed by atoms with Gasteiger partial charge in [0.25, 0.3) is 5.91 Å². The Morgan fingerprint density at radius 2 is 1.81 bits per heavy atom. The van der Waals surface area contributed by atoms with Crippen LogP contribution in [0.25, 0.3) is 6.08 Å². The van der Waals surface area contributed by atoms with Gasteiger partial charge in [0.05, 0.1) is 16.4 Å². The molecule has 1 aromatic carbocycles. The number of hydrogen-bond acceptors (Lipinski definition) is 5. The van der Waals surface area contributed by atoms with Gasteiger partial charge in [-0.15, -0.1) is 0 Å². The number of nitrogens with one attached hydrogen (secondary N) is 1. The molecule has 1 atom stereocenters. The Labute approximate surface area is 199 Å². The lowest BCUT2D eigenvalue weighted by atomic mass is 9.49. The lowest BCUT2D eigenvalue weighted by Crippen LogP contribution is -2.57. The summed E-state index contributed by atoms with van der Waals surface area (Å²) in [5, 5.41) is 1.28. The Morgan fingerprint density at radius 1 is 1.22 bits per heavy atom. The molecule has 4 aliphatic carbocycles. The molecule has 4 bridgehead atoms. The zero-order valence-electron chi connectivity index (χ0n) is 18.6. The Bertz CT molecular complexity index is 937. The third kappa shape index (κ3) is 4.10. The number of nitrogens with zero attached hydrogens (tertiary/aromatic N) is 1. The fraction of sp³-hybridized carbons (Fsp3) is 0.560. The highest BCUT2D eigenvalue weighted by Crippen LogP contribution is 2.60. The number of rotatable bonds is 6. The van der Waals surface area contributed by atoms with Gasteiger partial charge in [0.1, 0.15) is 5.75 Å². The lowest BCUT2D eigenvalue weighted by Gasteiger charge is -2.55. The smallest absolute Gasteiger partial charge is 0.285 e. The molecule has 1 saturated heterocycles. The molecular weight excluding hydrogens is 440 g/mol. The summed E-state index contributed by atoms with van der Waals surface area (Å²) in [6.45, 7) is 4.12. The SMILES string of the molecule is CC[C@@H](C)Oc1ccc(/C=C2\SC(=S)N(NC(=O)C34CC5CC(CC(C5)C3)C4)C2=O)cc1. The first-order chi connectivity index (χ1) is 15.3. The quantitative estimate of drug-likeness (QED) is 0.451. The van der Waals surface area contributed by atoms with Gasteiger partial charge in [-0.1, -0.05) is 30.8 Å². The molecule has 0 radical (unpaired) electrons. The topological polar surface area (TPSA) is 58.6 Å². The van der Waals surface area contributed by atoms with Gasteiger partial charge < -0.3 is 4.74 Å². The second-order valence-electron chi connectivity index (χ2n) is 10.1. The fourth-order valence-electron chi connectivity index (χ4n) is 6.28. The molecule has 4 saturated carbocycles. The zero-order valence-corrected chi connectivity index (χ0v) is 20.3. The summed E-state index contributed by atoms with van der Waals surface area (Å²) in [4.78, 5) is 26.9. The Balaban J connectivity index is 1.26. The number of amides is 2. The third-order valence-corrected chi connectivity index (χ3v) is 8.92. The summed E-state index contributed by atoms with van der Waals surface area (Å²) in [5.74, 6) is 2.56. The van der Waals surface area contributed by atoms with Gasteiger partial charge in [-0.2, -0.15) is 5.01 Å². The van der Waals surface area contributed by atoms with Crippen molar-refractivity contribution in [3.8, 4) is 5.75 Å². The first-order valence-electron chi connectivity index (χ1n) is 11.7. The van der Waals surface area contributed by atoms with Crippen LogP contribution in [-0.2, 0) is 9.59 Å². The molecule has 5 fully saturated rings. The monoisotopic (exact) mass is 470 g/mol. The maximum Gasteiger partial charge on any atom is 0.285 e. The molecule has 1 N–H and O–H groups in total. The van der Waals surface area contributed by atoms with Crippen LogP contribution in [0.3, 0.4) is 0 Å². The first kappa shape index (κ1) is 22.0. The van der Waals surface area contributed by atoms with Crippen molar-refractivity contribution < 1.29 is 14.3 Å². The van der Waals surface area contributed by atoms with E-state index in [-0.39, 0.29) is 23.3 Å². The Morgan fingerprint density at radius 3 is 2.38 bits per heavy atom. The van der Waals surface area contributed by atoms with E-state index in [1.807, 2.05) is 37.3 Å². The van der Waals surface area contributed by atoms with Crippen molar-refractivity contribution in [2.24, 2.45) is 23.2 Å². The van der Waals surface area contributed by atoms with E-state index in [4.69, 9.17) is 17.0 Å². The first-order valence-corrected chi connectivity index (χ1v) is 12.9. The predicted octanol–water partition coefficient (Wildman–Crippen LogP) is 5.31. The third-order valence-electron chi connectivity index (χ3n) is 7.62. The highest BCUT2D eigenvalue weighted by Gasteiger charge is 2.55. The summed E-state index contributed by atoms with van der Waals surface area (Å²) in [6, 6.07) is 7.68. The Hall–Kier alpha value is -1.86. The van der Waals surface area contributed by atoms with E-state index in [0.717, 1.165) is 37.0 Å². The molecule has 0 aromatic heterocycles. The number of hydrogen-bond donors (Lipinski definition) is 1. The van der Waals surface area contributed by atoms with E-state index in [1.165, 1.54) is 36.0 Å². The van der Waals surface area contributed by atoms with Crippen LogP contribution in [0.15, 0.2) is 29.2 Å². The average molecular weight is 471 g/mol. The van der Waals surface area contributed by atoms with Gasteiger partial charge in [0, 0.05) is 0 Å². The standard InChI is InChI=1S/C25H30N2O3S2/c1-3-15(2)30-20-6-4-16(5-7-20)11-21-22(28)27(24(31)32-21)26-23(29)25-12-17-8-18(13-25)10-19(9-17)14-25/h4-7,11,15,17-19H,3,8-10,12-14H2,1-2H3,(H,26,29)/b21-11-/t15-,17?,18?,19?,25?/m1/s1. The molecule has 7 heteroatoms. The molecule has 1 heterocycles. The van der Waals surface area contributed by atoms with Gasteiger partial charge in [-0.3, -0.25) is 15.0 Å². The van der Waals surface area contributed by atoms with Crippen LogP contribution in [0.4, 0.5) is 0 Å². The number of hydrazine groups is 1. The number of ether oxygens (including phenoxy) is 1. The zero-order chi connectivity index (χ0) is 22.5. The molecule has 1 aromatic rings. The van der Waals surface area contributed by atoms with Crippen molar-refractivity contribution in [1.82, 2.24) is 10.4 Å². The van der Waals surface area contributed by atoms with Crippen molar-refractivity contribution in [1.29, 1.82) is 0 Å². The molecule has 32 heavy (non-hydrogen) atoms. The van der Waals surface area contributed by atoms with Crippen molar-refractivity contribution >= 4 is 46.2 Å². The second kappa shape index (κ2) is 8.49. The van der Waals surface area contributed by atoms with Gasteiger partial charge in [-0.25, -0.2) is 0 Å². The molecule has 170 valence electrons. The summed E-state index contributed by atoms with van der Waals surface area (Å²) in [6.07, 6.45) is 9.63. The molecular formula is C25H30N2O3S2. The van der Waals surface area contributed by atoms with E-state index in [9.17, 15) is 9.59 Å². The average Bonchev–Trinajstić information content (AvgIpc) is 3.01. The van der Waals surface area contributed by atoms with Crippen molar-refractivity contribution in [2.45, 2.75) is 64.9 Å². The van der Waals surface area contributed by atoms with Crippen LogP contribution >= 0.6 is 24.0 Å². The van der Waals surface area contributed by atoms with Gasteiger partial charge in [0.15, 0.2) is 4.32 Å². The van der Waals surface area contributed by atoms with Crippen molar-refractivity contribution in [3.05, 3.63) is 34.7 Å². The number of thioether (sulfide) groups is 1. The number of thiocarbonyl (C=S) groups is 1. The molecule has 2 amide bonds. The summed E-state index contributed by atoms with van der Waals surface area (Å²) in [7, 11) is 0. The number of carbonyl (C=O) groups excluding carboxylic acids is 2. The molecule has 5 nitrogen and oxygen atoms in total. The number of carbonyl (C=O) groups is 2. The maximum absolute atomic E-state index is 13.4. The highest BCUT2D eigenvalue weighted by atomic mass is 32.2. The van der Waals surface area contributed by atoms with E-state index in [1.54, 1.807) is 0 Å². The lowest BCUT2D eigenvalue weighted by molar-refractivity contribution is -0.152. The molecule has 0 unspecified atom stereocenters. The molecule has 1 aliphatic heterocycles. The van der Waals surface area contributed by atoms with Crippen LogP contribution in [0, 0.1) is 23.2 Å². The second-order valence-corrected chi connectivity index (χ2v) is 11.7. The number of benzene rings is 1. The van der Waals surface area contributed by atoms with Gasteiger partial charge >= 0.3 is 0 Å². The van der Waals surface area contributed by atoms with Crippen LogP contribution in [0.1, 0.15) is 64.4 Å². The minimum Gasteiger partial charge on any atom is -0.491 e. The predicted molar refractivity (Wildman–Crippen MR) is 131 cm³/mol. The van der Waals surface area contributed by atoms with Crippen LogP contribution < -0.4 is 10.2 Å². The fourth-order valence-corrected chi connectivity index (χ4v) is 7.46. The molecule has 5 aliphatic rings. The van der Waals surface area contributed by atoms with Gasteiger partial charge in [-0.05, 0) is 106 Å². The van der Waals surface area contributed by atoms with Crippen LogP contribution in [0.2, 0.25) is 0 Å². The van der Waals surface area contributed by atoms with Crippen LogP contribution in [-0.4, -0.2) is 27.2 Å². The highest BCUT2D eigenvalue weighted by molar-refractivity contribution is 8.26. The van der Waals surface area contributed by atoms with E-state index >= 15 is 0 Å². The van der Waals surface area contributed by atoms with E-state index in [2.05, 4.69) is 12.3 Å². The summed E-state index contributed by atoms with van der Waals surface area (Å²) < 4.78 is 6.20. The minimum absolute atomic E-state index is 0.0132. The Kier molecular flexibility index (Phi) is 5.82. The molecule has 0 spiro atoms. The molecule has 6 rings (SSSR count). The summed E-state index contributed by atoms with van der Waals surface area (Å²) in [5.41, 5.74) is 3.50. The van der Waals surface area contributed by atoms with Gasteiger partial charge in [0.2, 0.25) is 5.91 Å². The largest absolute Gasteiger partial charge is 0.491 e. The minimum atomic E-state index is -0.312. The maximum atomic E-state index is 13.4. The van der Waals surface area contributed by atoms with E-state index < -0.39 is 0 Å².